The molecule has 0 radical (unpaired) electrons. The van der Waals surface area contributed by atoms with Gasteiger partial charge < -0.3 is 18.9 Å². The number of hydrogen-bond acceptors (Lipinski definition) is 5. The highest BCUT2D eigenvalue weighted by Crippen LogP contribution is 2.27. The Labute approximate surface area is 141 Å². The van der Waals surface area contributed by atoms with E-state index in [0.29, 0.717) is 19.6 Å². The molecule has 0 N–H and O–H groups in total. The van der Waals surface area contributed by atoms with E-state index >= 15 is 0 Å². The van der Waals surface area contributed by atoms with Gasteiger partial charge in [0.1, 0.15) is 5.75 Å². The summed E-state index contributed by atoms with van der Waals surface area (Å²) in [4.78, 5) is 2.92. The predicted octanol–water partition coefficient (Wildman–Crippen LogP) is 3.60. The number of methoxy groups -OCH3 is 1. The highest BCUT2D eigenvalue weighted by molar-refractivity contribution is 5.26. The number of ether oxygens (including phenoxy) is 4. The fourth-order valence-electron chi connectivity index (χ4n) is 2.61. The molecule has 1 aliphatic rings. The average molecular weight is 333 g/mol. The smallest absolute Gasteiger partial charge is 0.160 e. The maximum atomic E-state index is 8.79. The third-order valence-corrected chi connectivity index (χ3v) is 3.86. The molecule has 0 aliphatic carbocycles. The number of hydrogen-bond donors (Lipinski definition) is 0. The van der Waals surface area contributed by atoms with E-state index in [4.69, 9.17) is 24.5 Å². The van der Waals surface area contributed by atoms with Crippen molar-refractivity contribution in [3.8, 4) is 5.75 Å². The summed E-state index contributed by atoms with van der Waals surface area (Å²) in [6, 6.07) is 7.25. The van der Waals surface area contributed by atoms with Crippen molar-refractivity contribution in [1.82, 2.24) is 0 Å². The molecule has 24 heavy (non-hydrogen) atoms. The summed E-state index contributed by atoms with van der Waals surface area (Å²) in [6.45, 7) is 6.29. The molecule has 7 nitrogen and oxygen atoms in total. The molecule has 1 aromatic carbocycles. The minimum Gasteiger partial charge on any atom is -0.497 e. The first-order valence-corrected chi connectivity index (χ1v) is 7.84. The standard InChI is InChI=1S/C17H23N3O4/c1-4-9-22-16-10-15(17(19-20-18)12(2)24-16)23-11-13-5-7-14(21-3)8-6-13/h4-8,12,15-17H,1,9-11H2,2-3H3/t12-,15-,16-,17-/m1/s1. The summed E-state index contributed by atoms with van der Waals surface area (Å²) >= 11 is 0. The molecule has 1 fully saturated rings. The van der Waals surface area contributed by atoms with Gasteiger partial charge in [0.05, 0.1) is 38.6 Å². The Hall–Kier alpha value is -2.05. The monoisotopic (exact) mass is 333 g/mol. The van der Waals surface area contributed by atoms with Crippen LogP contribution >= 0.6 is 0 Å². The highest BCUT2D eigenvalue weighted by atomic mass is 16.7. The Balaban J connectivity index is 2.00. The van der Waals surface area contributed by atoms with E-state index in [1.54, 1.807) is 13.2 Å². The second-order valence-electron chi connectivity index (χ2n) is 5.52. The van der Waals surface area contributed by atoms with Crippen molar-refractivity contribution in [2.75, 3.05) is 13.7 Å². The average Bonchev–Trinajstić information content (AvgIpc) is 2.61. The topological polar surface area (TPSA) is 85.7 Å². The van der Waals surface area contributed by atoms with Crippen LogP contribution in [0.4, 0.5) is 0 Å². The fraction of sp³-hybridized carbons (Fsp3) is 0.529. The van der Waals surface area contributed by atoms with Crippen LogP contribution in [0, 0.1) is 0 Å². The minimum atomic E-state index is -0.399. The van der Waals surface area contributed by atoms with E-state index in [2.05, 4.69) is 16.6 Å². The van der Waals surface area contributed by atoms with Crippen LogP contribution in [-0.2, 0) is 20.8 Å². The molecule has 0 spiro atoms. The van der Waals surface area contributed by atoms with E-state index in [9.17, 15) is 0 Å². The first kappa shape index (κ1) is 18.3. The lowest BCUT2D eigenvalue weighted by atomic mass is 10.00. The van der Waals surface area contributed by atoms with Gasteiger partial charge in [-0.3, -0.25) is 0 Å². The van der Waals surface area contributed by atoms with Gasteiger partial charge in [0.2, 0.25) is 0 Å². The van der Waals surface area contributed by atoms with Crippen molar-refractivity contribution in [3.05, 3.63) is 52.9 Å². The molecule has 2 rings (SSSR count). The van der Waals surface area contributed by atoms with E-state index in [0.717, 1.165) is 11.3 Å². The van der Waals surface area contributed by atoms with E-state index in [-0.39, 0.29) is 12.2 Å². The second-order valence-corrected chi connectivity index (χ2v) is 5.52. The molecule has 7 heteroatoms. The van der Waals surface area contributed by atoms with E-state index in [1.807, 2.05) is 31.2 Å². The van der Waals surface area contributed by atoms with Gasteiger partial charge in [0, 0.05) is 11.3 Å². The zero-order valence-electron chi connectivity index (χ0n) is 14.0. The van der Waals surface area contributed by atoms with Gasteiger partial charge in [-0.15, -0.1) is 6.58 Å². The summed E-state index contributed by atoms with van der Waals surface area (Å²) in [5, 5.41) is 3.84. The SMILES string of the molecule is C=CCO[C@H]1C[C@@H](OCc2ccc(OC)cc2)[C@H](N=[N+]=[N-])[C@@H](C)O1. The van der Waals surface area contributed by atoms with Crippen molar-refractivity contribution < 1.29 is 18.9 Å². The largest absolute Gasteiger partial charge is 0.497 e. The van der Waals surface area contributed by atoms with Crippen molar-refractivity contribution >= 4 is 0 Å². The predicted molar refractivity (Wildman–Crippen MR) is 89.6 cm³/mol. The van der Waals surface area contributed by atoms with E-state index in [1.165, 1.54) is 0 Å². The lowest BCUT2D eigenvalue weighted by molar-refractivity contribution is -0.221. The zero-order chi connectivity index (χ0) is 17.4. The number of nitrogens with zero attached hydrogens (tertiary/aromatic N) is 3. The van der Waals surface area contributed by atoms with Crippen LogP contribution in [0.15, 0.2) is 42.0 Å². The summed E-state index contributed by atoms with van der Waals surface area (Å²) in [6.07, 6.45) is 1.20. The molecule has 0 unspecified atom stereocenters. The van der Waals surface area contributed by atoms with Gasteiger partial charge in [0.15, 0.2) is 6.29 Å². The van der Waals surface area contributed by atoms with Crippen LogP contribution in [0.2, 0.25) is 0 Å². The molecular formula is C17H23N3O4. The number of azide groups is 1. The molecule has 1 saturated heterocycles. The van der Waals surface area contributed by atoms with Crippen molar-refractivity contribution in [3.63, 3.8) is 0 Å². The van der Waals surface area contributed by atoms with Gasteiger partial charge in [-0.25, -0.2) is 0 Å². The molecule has 0 amide bonds. The highest BCUT2D eigenvalue weighted by Gasteiger charge is 2.37. The zero-order valence-corrected chi connectivity index (χ0v) is 14.0. The Bertz CT molecular complexity index is 572. The molecular weight excluding hydrogens is 310 g/mol. The molecule has 0 aromatic heterocycles. The van der Waals surface area contributed by atoms with Crippen molar-refractivity contribution in [2.24, 2.45) is 5.11 Å². The van der Waals surface area contributed by atoms with Gasteiger partial charge in [-0.1, -0.05) is 23.3 Å². The number of rotatable bonds is 8. The first-order chi connectivity index (χ1) is 11.7. The van der Waals surface area contributed by atoms with Crippen molar-refractivity contribution in [2.45, 2.75) is 44.5 Å². The van der Waals surface area contributed by atoms with Crippen LogP contribution < -0.4 is 4.74 Å². The van der Waals surface area contributed by atoms with E-state index < -0.39 is 12.3 Å². The maximum Gasteiger partial charge on any atom is 0.160 e. The Morgan fingerprint density at radius 3 is 2.75 bits per heavy atom. The molecule has 1 aliphatic heterocycles. The molecule has 0 saturated carbocycles. The van der Waals surface area contributed by atoms with Gasteiger partial charge >= 0.3 is 0 Å². The molecule has 1 aromatic rings. The van der Waals surface area contributed by atoms with Gasteiger partial charge in [-0.05, 0) is 30.2 Å². The third-order valence-electron chi connectivity index (χ3n) is 3.86. The van der Waals surface area contributed by atoms with Crippen LogP contribution in [0.5, 0.6) is 5.75 Å². The normalized spacial score (nSPS) is 26.4. The quantitative estimate of drug-likeness (QED) is 0.315. The summed E-state index contributed by atoms with van der Waals surface area (Å²) in [5.41, 5.74) is 9.81. The number of benzene rings is 1. The lowest BCUT2D eigenvalue weighted by Gasteiger charge is -2.38. The summed E-state index contributed by atoms with van der Waals surface area (Å²) < 4.78 is 22.4. The van der Waals surface area contributed by atoms with Crippen LogP contribution in [0.3, 0.4) is 0 Å². The lowest BCUT2D eigenvalue weighted by Crippen LogP contribution is -2.47. The summed E-state index contributed by atoms with van der Waals surface area (Å²) in [7, 11) is 1.63. The fourth-order valence-corrected chi connectivity index (χ4v) is 2.61. The van der Waals surface area contributed by atoms with Gasteiger partial charge in [-0.2, -0.15) is 0 Å². The Morgan fingerprint density at radius 2 is 2.12 bits per heavy atom. The van der Waals surface area contributed by atoms with Crippen LogP contribution in [-0.4, -0.2) is 38.3 Å². The molecule has 4 atom stereocenters. The second kappa shape index (κ2) is 9.30. The first-order valence-electron chi connectivity index (χ1n) is 7.84. The van der Waals surface area contributed by atoms with Crippen LogP contribution in [0.1, 0.15) is 18.9 Å². The third kappa shape index (κ3) is 4.97. The Kier molecular flexibility index (Phi) is 7.08. The summed E-state index contributed by atoms with van der Waals surface area (Å²) in [5.74, 6) is 0.795. The van der Waals surface area contributed by atoms with Gasteiger partial charge in [0.25, 0.3) is 0 Å². The minimum absolute atomic E-state index is 0.276. The van der Waals surface area contributed by atoms with Crippen molar-refractivity contribution in [1.29, 1.82) is 0 Å². The maximum absolute atomic E-state index is 8.79. The molecule has 1 heterocycles. The van der Waals surface area contributed by atoms with Crippen LogP contribution in [0.25, 0.3) is 10.4 Å². The Morgan fingerprint density at radius 1 is 1.38 bits per heavy atom. The molecule has 130 valence electrons. The molecule has 0 bridgehead atoms.